The number of carbonyl (C=O) groups excluding carboxylic acids is 1. The maximum Gasteiger partial charge on any atom is 0.338 e. The molecule has 0 atom stereocenters. The quantitative estimate of drug-likeness (QED) is 0.629. The van der Waals surface area contributed by atoms with E-state index in [0.717, 1.165) is 0 Å². The smallest absolute Gasteiger partial charge is 0.338 e. The molecule has 0 aliphatic heterocycles. The molecule has 5 heteroatoms. The zero-order chi connectivity index (χ0) is 16.1. The lowest BCUT2D eigenvalue weighted by molar-refractivity contribution is 0.0375. The number of terminal acetylenes is 1. The molecule has 1 aromatic heterocycles. The summed E-state index contributed by atoms with van der Waals surface area (Å²) in [6.45, 7) is 3.75. The third-order valence-corrected chi connectivity index (χ3v) is 2.95. The summed E-state index contributed by atoms with van der Waals surface area (Å²) < 4.78 is 12.5. The van der Waals surface area contributed by atoms with Gasteiger partial charge in [0.25, 0.3) is 0 Å². The van der Waals surface area contributed by atoms with Crippen molar-refractivity contribution in [2.24, 2.45) is 7.05 Å². The molecule has 0 bridgehead atoms. The minimum Gasteiger partial charge on any atom is -0.472 e. The average molecular weight is 298 g/mol. The van der Waals surface area contributed by atoms with Crippen LogP contribution in [0.3, 0.4) is 0 Å². The molecule has 0 saturated heterocycles. The van der Waals surface area contributed by atoms with E-state index in [-0.39, 0.29) is 12.7 Å². The topological polar surface area (TPSA) is 53.4 Å². The lowest BCUT2D eigenvalue weighted by Gasteiger charge is -2.13. The van der Waals surface area contributed by atoms with Crippen LogP contribution >= 0.6 is 0 Å². The van der Waals surface area contributed by atoms with E-state index in [0.29, 0.717) is 22.6 Å². The largest absolute Gasteiger partial charge is 0.472 e. The molecule has 0 N–H and O–H groups in total. The molecule has 0 amide bonds. The molecule has 1 aromatic carbocycles. The summed E-state index contributed by atoms with van der Waals surface area (Å²) in [6, 6.07) is 6.92. The van der Waals surface area contributed by atoms with Crippen LogP contribution in [0.2, 0.25) is 0 Å². The van der Waals surface area contributed by atoms with Crippen molar-refractivity contribution in [3.8, 4) is 18.2 Å². The van der Waals surface area contributed by atoms with Crippen molar-refractivity contribution >= 4 is 5.97 Å². The summed E-state index contributed by atoms with van der Waals surface area (Å²) >= 11 is 0. The van der Waals surface area contributed by atoms with E-state index in [2.05, 4.69) is 11.0 Å². The van der Waals surface area contributed by atoms with Crippen LogP contribution in [0.4, 0.5) is 0 Å². The fourth-order valence-electron chi connectivity index (χ4n) is 1.96. The van der Waals surface area contributed by atoms with Crippen molar-refractivity contribution < 1.29 is 14.3 Å². The number of hydrogen-bond acceptors (Lipinski definition) is 4. The molecule has 0 spiro atoms. The predicted octanol–water partition coefficient (Wildman–Crippen LogP) is 2.55. The average Bonchev–Trinajstić information content (AvgIpc) is 2.89. The first kappa shape index (κ1) is 15.6. The number of aromatic nitrogens is 2. The van der Waals surface area contributed by atoms with Crippen molar-refractivity contribution in [1.29, 1.82) is 0 Å². The van der Waals surface area contributed by atoms with Crippen molar-refractivity contribution in [2.45, 2.75) is 26.6 Å². The third kappa shape index (κ3) is 3.67. The first-order valence-corrected chi connectivity index (χ1v) is 6.93. The number of ether oxygens (including phenoxy) is 2. The maximum absolute atomic E-state index is 12.2. The van der Waals surface area contributed by atoms with E-state index < -0.39 is 5.97 Å². The highest BCUT2D eigenvalue weighted by atomic mass is 16.5. The van der Waals surface area contributed by atoms with E-state index in [1.807, 2.05) is 0 Å². The zero-order valence-corrected chi connectivity index (χ0v) is 12.9. The summed E-state index contributed by atoms with van der Waals surface area (Å²) in [6.07, 6.45) is 7.09. The molecule has 22 heavy (non-hydrogen) atoms. The van der Waals surface area contributed by atoms with Crippen LogP contribution in [0.1, 0.15) is 35.3 Å². The molecule has 114 valence electrons. The van der Waals surface area contributed by atoms with Crippen molar-refractivity contribution in [3.05, 3.63) is 47.2 Å². The Morgan fingerprint density at radius 2 is 2.18 bits per heavy atom. The van der Waals surface area contributed by atoms with Crippen molar-refractivity contribution in [3.63, 3.8) is 0 Å². The highest BCUT2D eigenvalue weighted by Crippen LogP contribution is 2.19. The Kier molecular flexibility index (Phi) is 4.84. The molecule has 0 saturated carbocycles. The Bertz CT molecular complexity index is 711. The number of benzene rings is 1. The fourth-order valence-corrected chi connectivity index (χ4v) is 1.96. The van der Waals surface area contributed by atoms with Gasteiger partial charge in [0.05, 0.1) is 11.7 Å². The number of aryl methyl sites for hydroxylation is 1. The predicted molar refractivity (Wildman–Crippen MR) is 82.5 cm³/mol. The lowest BCUT2D eigenvalue weighted by atomic mass is 10.0. The Balaban J connectivity index is 2.27. The van der Waals surface area contributed by atoms with Crippen LogP contribution in [-0.4, -0.2) is 21.9 Å². The van der Waals surface area contributed by atoms with E-state index >= 15 is 0 Å². The Morgan fingerprint density at radius 3 is 2.77 bits per heavy atom. The third-order valence-electron chi connectivity index (χ3n) is 2.95. The second kappa shape index (κ2) is 6.81. The monoisotopic (exact) mass is 298 g/mol. The van der Waals surface area contributed by atoms with Crippen LogP contribution in [0.5, 0.6) is 5.88 Å². The van der Waals surface area contributed by atoms with Gasteiger partial charge < -0.3 is 9.47 Å². The Hall–Kier alpha value is -2.74. The van der Waals surface area contributed by atoms with E-state index in [9.17, 15) is 4.79 Å². The maximum atomic E-state index is 12.2. The summed E-state index contributed by atoms with van der Waals surface area (Å²) in [5.41, 5.74) is 1.65. The van der Waals surface area contributed by atoms with Crippen LogP contribution in [0, 0.1) is 12.3 Å². The van der Waals surface area contributed by atoms with Gasteiger partial charge in [0.1, 0.15) is 6.61 Å². The number of esters is 1. The summed E-state index contributed by atoms with van der Waals surface area (Å²) in [4.78, 5) is 12.2. The fraction of sp³-hybridized carbons (Fsp3) is 0.294. The van der Waals surface area contributed by atoms with Crippen molar-refractivity contribution in [2.75, 3.05) is 0 Å². The molecule has 2 rings (SSSR count). The first-order valence-electron chi connectivity index (χ1n) is 6.93. The van der Waals surface area contributed by atoms with Gasteiger partial charge in [-0.25, -0.2) is 4.79 Å². The first-order chi connectivity index (χ1) is 10.5. The molecule has 0 aliphatic rings. The van der Waals surface area contributed by atoms with E-state index in [1.54, 1.807) is 56.0 Å². The molecule has 0 unspecified atom stereocenters. The van der Waals surface area contributed by atoms with Gasteiger partial charge >= 0.3 is 5.97 Å². The number of nitrogens with zero attached hydrogens (tertiary/aromatic N) is 2. The molecule has 0 radical (unpaired) electrons. The highest BCUT2D eigenvalue weighted by Gasteiger charge is 2.17. The number of hydrogen-bond donors (Lipinski definition) is 0. The summed E-state index contributed by atoms with van der Waals surface area (Å²) in [5, 5.41) is 4.13. The van der Waals surface area contributed by atoms with E-state index in [4.69, 9.17) is 15.9 Å². The zero-order valence-electron chi connectivity index (χ0n) is 12.9. The molecule has 2 aromatic rings. The second-order valence-corrected chi connectivity index (χ2v) is 5.05. The van der Waals surface area contributed by atoms with Crippen molar-refractivity contribution in [1.82, 2.24) is 9.78 Å². The molecule has 5 nitrogen and oxygen atoms in total. The van der Waals surface area contributed by atoms with Crippen LogP contribution < -0.4 is 4.74 Å². The minimum atomic E-state index is -0.410. The van der Waals surface area contributed by atoms with Crippen LogP contribution in [0.15, 0.2) is 30.5 Å². The Morgan fingerprint density at radius 1 is 1.41 bits per heavy atom. The molecule has 1 heterocycles. The van der Waals surface area contributed by atoms with Gasteiger partial charge in [-0.1, -0.05) is 12.0 Å². The van der Waals surface area contributed by atoms with Gasteiger partial charge in [-0.3, -0.25) is 4.68 Å². The number of rotatable bonds is 5. The van der Waals surface area contributed by atoms with Gasteiger partial charge in [0, 0.05) is 30.4 Å². The summed E-state index contributed by atoms with van der Waals surface area (Å²) in [5.74, 6) is 2.63. The standard InChI is InChI=1S/C17H18N2O3/c1-5-13-7-6-8-14(17(20)22-12(2)3)15(13)11-21-16-9-10-19(4)18-16/h1,6-10,12H,11H2,2-4H3. The Labute approximate surface area is 129 Å². The molecular weight excluding hydrogens is 280 g/mol. The van der Waals surface area contributed by atoms with Gasteiger partial charge in [-0.2, -0.15) is 0 Å². The second-order valence-electron chi connectivity index (χ2n) is 5.05. The normalized spacial score (nSPS) is 10.3. The highest BCUT2D eigenvalue weighted by molar-refractivity contribution is 5.92. The van der Waals surface area contributed by atoms with Crippen LogP contribution in [0.25, 0.3) is 0 Å². The molecular formula is C17H18N2O3. The lowest BCUT2D eigenvalue weighted by Crippen LogP contribution is -2.15. The minimum absolute atomic E-state index is 0.153. The van der Waals surface area contributed by atoms with E-state index in [1.165, 1.54) is 0 Å². The van der Waals surface area contributed by atoms with Gasteiger partial charge in [0.2, 0.25) is 5.88 Å². The molecule has 0 fully saturated rings. The van der Waals surface area contributed by atoms with Crippen LogP contribution in [-0.2, 0) is 18.4 Å². The SMILES string of the molecule is C#Cc1cccc(C(=O)OC(C)C)c1COc1ccn(C)n1. The van der Waals surface area contributed by atoms with Gasteiger partial charge in [0.15, 0.2) is 0 Å². The summed E-state index contributed by atoms with van der Waals surface area (Å²) in [7, 11) is 1.80. The molecule has 0 aliphatic carbocycles. The van der Waals surface area contributed by atoms with Gasteiger partial charge in [-0.15, -0.1) is 11.5 Å². The number of carbonyl (C=O) groups is 1. The van der Waals surface area contributed by atoms with Gasteiger partial charge in [-0.05, 0) is 26.0 Å².